The molecular weight excluding hydrogens is 288 g/mol. The fraction of sp³-hybridized carbons (Fsp3) is 0.467. The van der Waals surface area contributed by atoms with Gasteiger partial charge in [0.15, 0.2) is 0 Å². The quantitative estimate of drug-likeness (QED) is 0.857. The lowest BCUT2D eigenvalue weighted by Gasteiger charge is -2.25. The minimum Gasteiger partial charge on any atom is -0.461 e. The fourth-order valence-electron chi connectivity index (χ4n) is 2.48. The maximum atomic E-state index is 11.3. The highest BCUT2D eigenvalue weighted by Crippen LogP contribution is 2.24. The van der Waals surface area contributed by atoms with Crippen molar-refractivity contribution in [1.82, 2.24) is 10.0 Å². The summed E-state index contributed by atoms with van der Waals surface area (Å²) in [6.07, 6.45) is 1.17. The van der Waals surface area contributed by atoms with Crippen LogP contribution in [0.4, 0.5) is 0 Å². The van der Waals surface area contributed by atoms with Crippen LogP contribution in [0.1, 0.15) is 25.2 Å². The SMILES string of the molecule is Cc1oc2ccccc2c1CNCC(C)(C)NS(C)(=O)=O. The number of fused-ring (bicyclic) bond motifs is 1. The van der Waals surface area contributed by atoms with Crippen LogP contribution in [0.3, 0.4) is 0 Å². The molecule has 1 aromatic heterocycles. The van der Waals surface area contributed by atoms with Crippen molar-refractivity contribution in [2.24, 2.45) is 0 Å². The Balaban J connectivity index is 2.04. The van der Waals surface area contributed by atoms with Crippen LogP contribution in [0, 0.1) is 6.92 Å². The summed E-state index contributed by atoms with van der Waals surface area (Å²) in [6, 6.07) is 7.90. The van der Waals surface area contributed by atoms with E-state index in [0.717, 1.165) is 22.3 Å². The van der Waals surface area contributed by atoms with Crippen molar-refractivity contribution in [3.63, 3.8) is 0 Å². The summed E-state index contributed by atoms with van der Waals surface area (Å²) >= 11 is 0. The van der Waals surface area contributed by atoms with Gasteiger partial charge in [0, 0.05) is 29.6 Å². The number of para-hydroxylation sites is 1. The zero-order valence-corrected chi connectivity index (χ0v) is 13.7. The molecule has 0 spiro atoms. The molecule has 0 amide bonds. The number of benzene rings is 1. The minimum absolute atomic E-state index is 0.527. The number of hydrogen-bond acceptors (Lipinski definition) is 4. The summed E-state index contributed by atoms with van der Waals surface area (Å²) in [7, 11) is -3.22. The highest BCUT2D eigenvalue weighted by Gasteiger charge is 2.22. The fourth-order valence-corrected chi connectivity index (χ4v) is 3.55. The van der Waals surface area contributed by atoms with Crippen molar-refractivity contribution in [1.29, 1.82) is 0 Å². The van der Waals surface area contributed by atoms with E-state index >= 15 is 0 Å². The molecule has 1 heterocycles. The van der Waals surface area contributed by atoms with Crippen molar-refractivity contribution in [3.05, 3.63) is 35.6 Å². The Labute approximate surface area is 125 Å². The maximum Gasteiger partial charge on any atom is 0.209 e. The molecule has 2 aromatic rings. The standard InChI is InChI=1S/C15H22N2O3S/c1-11-13(12-7-5-6-8-14(12)20-11)9-16-10-15(2,3)17-21(4,18)19/h5-8,16-17H,9-10H2,1-4H3. The molecule has 0 unspecified atom stereocenters. The number of rotatable bonds is 6. The predicted molar refractivity (Wildman–Crippen MR) is 84.7 cm³/mol. The first-order chi connectivity index (χ1) is 9.68. The largest absolute Gasteiger partial charge is 0.461 e. The van der Waals surface area contributed by atoms with E-state index in [4.69, 9.17) is 4.42 Å². The lowest BCUT2D eigenvalue weighted by Crippen LogP contribution is -2.49. The van der Waals surface area contributed by atoms with Crippen molar-refractivity contribution in [2.45, 2.75) is 32.9 Å². The molecule has 2 rings (SSSR count). The van der Waals surface area contributed by atoms with Crippen LogP contribution in [-0.2, 0) is 16.6 Å². The molecule has 0 aliphatic heterocycles. The summed E-state index contributed by atoms with van der Waals surface area (Å²) in [4.78, 5) is 0. The van der Waals surface area contributed by atoms with Crippen LogP contribution in [0.25, 0.3) is 11.0 Å². The van der Waals surface area contributed by atoms with E-state index in [1.165, 1.54) is 6.26 Å². The molecule has 1 aromatic carbocycles. The third-order valence-electron chi connectivity index (χ3n) is 3.23. The van der Waals surface area contributed by atoms with E-state index in [1.807, 2.05) is 45.0 Å². The smallest absolute Gasteiger partial charge is 0.209 e. The second kappa shape index (κ2) is 5.79. The zero-order valence-electron chi connectivity index (χ0n) is 12.9. The summed E-state index contributed by atoms with van der Waals surface area (Å²) in [5.41, 5.74) is 1.45. The summed E-state index contributed by atoms with van der Waals surface area (Å²) in [5.74, 6) is 0.887. The third kappa shape index (κ3) is 4.30. The monoisotopic (exact) mass is 310 g/mol. The molecule has 2 N–H and O–H groups in total. The molecule has 21 heavy (non-hydrogen) atoms. The summed E-state index contributed by atoms with van der Waals surface area (Å²) in [5, 5.41) is 4.39. The highest BCUT2D eigenvalue weighted by atomic mass is 32.2. The average molecular weight is 310 g/mol. The molecule has 0 saturated carbocycles. The molecule has 116 valence electrons. The number of furan rings is 1. The van der Waals surface area contributed by atoms with Gasteiger partial charge in [0.1, 0.15) is 11.3 Å². The van der Waals surface area contributed by atoms with Gasteiger partial charge in [-0.05, 0) is 26.8 Å². The second-order valence-electron chi connectivity index (χ2n) is 5.99. The molecule has 0 bridgehead atoms. The topological polar surface area (TPSA) is 71.3 Å². The average Bonchev–Trinajstić information content (AvgIpc) is 2.63. The van der Waals surface area contributed by atoms with Gasteiger partial charge in [-0.15, -0.1) is 0 Å². The minimum atomic E-state index is -3.22. The normalized spacial score (nSPS) is 13.0. The number of aryl methyl sites for hydroxylation is 1. The van der Waals surface area contributed by atoms with Gasteiger partial charge in [-0.3, -0.25) is 0 Å². The van der Waals surface area contributed by atoms with Crippen molar-refractivity contribution in [2.75, 3.05) is 12.8 Å². The summed E-state index contributed by atoms with van der Waals surface area (Å²) in [6.45, 7) is 6.80. The molecule has 0 saturated heterocycles. The molecule has 0 aliphatic rings. The van der Waals surface area contributed by atoms with Crippen LogP contribution in [-0.4, -0.2) is 26.8 Å². The van der Waals surface area contributed by atoms with Gasteiger partial charge >= 0.3 is 0 Å². The molecule has 0 atom stereocenters. The Kier molecular flexibility index (Phi) is 4.41. The van der Waals surface area contributed by atoms with E-state index in [2.05, 4.69) is 10.0 Å². The van der Waals surface area contributed by atoms with Crippen LogP contribution < -0.4 is 10.0 Å². The Hall–Kier alpha value is -1.37. The van der Waals surface area contributed by atoms with E-state index in [1.54, 1.807) is 0 Å². The van der Waals surface area contributed by atoms with Crippen LogP contribution in [0.2, 0.25) is 0 Å². The lowest BCUT2D eigenvalue weighted by atomic mass is 10.1. The first-order valence-corrected chi connectivity index (χ1v) is 8.74. The lowest BCUT2D eigenvalue weighted by molar-refractivity contribution is 0.420. The van der Waals surface area contributed by atoms with E-state index in [9.17, 15) is 8.42 Å². The van der Waals surface area contributed by atoms with Crippen LogP contribution >= 0.6 is 0 Å². The van der Waals surface area contributed by atoms with Gasteiger partial charge in [0.2, 0.25) is 10.0 Å². The molecular formula is C15H22N2O3S. The van der Waals surface area contributed by atoms with Crippen molar-refractivity contribution in [3.8, 4) is 0 Å². The number of nitrogens with one attached hydrogen (secondary N) is 2. The van der Waals surface area contributed by atoms with E-state index in [-0.39, 0.29) is 0 Å². The Morgan fingerprint density at radius 3 is 2.57 bits per heavy atom. The van der Waals surface area contributed by atoms with Gasteiger partial charge in [0.25, 0.3) is 0 Å². The molecule has 0 radical (unpaired) electrons. The third-order valence-corrected chi connectivity index (χ3v) is 4.15. The zero-order chi connectivity index (χ0) is 15.7. The molecule has 5 nitrogen and oxygen atoms in total. The predicted octanol–water partition coefficient (Wildman–Crippen LogP) is 2.16. The second-order valence-corrected chi connectivity index (χ2v) is 7.74. The number of hydrogen-bond donors (Lipinski definition) is 2. The van der Waals surface area contributed by atoms with Gasteiger partial charge in [0.05, 0.1) is 6.26 Å². The van der Waals surface area contributed by atoms with Crippen molar-refractivity contribution < 1.29 is 12.8 Å². The summed E-state index contributed by atoms with van der Waals surface area (Å²) < 4.78 is 31.0. The molecule has 6 heteroatoms. The Bertz CT molecular complexity index is 732. The number of sulfonamides is 1. The molecule has 0 fully saturated rings. The maximum absolute atomic E-state index is 11.3. The van der Waals surface area contributed by atoms with Gasteiger partial charge in [-0.2, -0.15) is 0 Å². The molecule has 0 aliphatic carbocycles. The van der Waals surface area contributed by atoms with E-state index in [0.29, 0.717) is 13.1 Å². The Morgan fingerprint density at radius 2 is 1.90 bits per heavy atom. The van der Waals surface area contributed by atoms with Gasteiger partial charge in [-0.1, -0.05) is 18.2 Å². The highest BCUT2D eigenvalue weighted by molar-refractivity contribution is 7.88. The van der Waals surface area contributed by atoms with E-state index < -0.39 is 15.6 Å². The van der Waals surface area contributed by atoms with Crippen molar-refractivity contribution >= 4 is 21.0 Å². The first-order valence-electron chi connectivity index (χ1n) is 6.85. The van der Waals surface area contributed by atoms with Gasteiger partial charge in [-0.25, -0.2) is 13.1 Å². The van der Waals surface area contributed by atoms with Crippen LogP contribution in [0.5, 0.6) is 0 Å². The van der Waals surface area contributed by atoms with Gasteiger partial charge < -0.3 is 9.73 Å². The van der Waals surface area contributed by atoms with Crippen LogP contribution in [0.15, 0.2) is 28.7 Å². The first kappa shape index (κ1) is 16.0. The Morgan fingerprint density at radius 1 is 1.24 bits per heavy atom.